The molecule has 0 bridgehead atoms. The first-order valence-electron chi connectivity index (χ1n) is 7.50. The van der Waals surface area contributed by atoms with E-state index in [-0.39, 0.29) is 6.61 Å². The van der Waals surface area contributed by atoms with Crippen LogP contribution in [0.4, 0.5) is 5.82 Å². The molecule has 0 spiro atoms. The normalized spacial score (nSPS) is 17.2. The molecular weight excluding hydrogens is 266 g/mol. The van der Waals surface area contributed by atoms with Crippen molar-refractivity contribution in [2.45, 2.75) is 12.8 Å². The number of rotatable bonds is 5. The molecule has 2 aromatic heterocycles. The number of β-amino-alcohol motifs (C(OH)–C–C–N with tert-alkyl or cyclic N) is 1. The van der Waals surface area contributed by atoms with Crippen molar-refractivity contribution in [3.05, 3.63) is 24.5 Å². The molecule has 3 rings (SSSR count). The maximum Gasteiger partial charge on any atom is 0.180 e. The third-order valence-electron chi connectivity index (χ3n) is 4.03. The van der Waals surface area contributed by atoms with E-state index in [4.69, 9.17) is 5.11 Å². The molecule has 1 saturated heterocycles. The molecule has 6 heteroatoms. The third kappa shape index (κ3) is 3.65. The molecule has 1 fully saturated rings. The number of nitrogens with zero attached hydrogens (tertiary/aromatic N) is 4. The molecule has 2 N–H and O–H groups in total. The predicted molar refractivity (Wildman–Crippen MR) is 82.1 cm³/mol. The summed E-state index contributed by atoms with van der Waals surface area (Å²) in [7, 11) is 0. The lowest BCUT2D eigenvalue weighted by Gasteiger charge is -2.31. The van der Waals surface area contributed by atoms with E-state index >= 15 is 0 Å². The van der Waals surface area contributed by atoms with Gasteiger partial charge in [-0.25, -0.2) is 9.97 Å². The van der Waals surface area contributed by atoms with Crippen LogP contribution in [-0.2, 0) is 0 Å². The van der Waals surface area contributed by atoms with Crippen LogP contribution in [0, 0.1) is 5.92 Å². The highest BCUT2D eigenvalue weighted by atomic mass is 16.3. The van der Waals surface area contributed by atoms with Gasteiger partial charge in [0.15, 0.2) is 5.65 Å². The van der Waals surface area contributed by atoms with Gasteiger partial charge in [0.25, 0.3) is 0 Å². The minimum atomic E-state index is 0.255. The molecule has 0 radical (unpaired) electrons. The first-order chi connectivity index (χ1) is 10.3. The average molecular weight is 287 g/mol. The van der Waals surface area contributed by atoms with Crippen LogP contribution >= 0.6 is 0 Å². The highest BCUT2D eigenvalue weighted by Gasteiger charge is 2.18. The summed E-state index contributed by atoms with van der Waals surface area (Å²) in [6.45, 7) is 4.13. The largest absolute Gasteiger partial charge is 0.395 e. The Hall–Kier alpha value is -1.79. The number of anilines is 1. The van der Waals surface area contributed by atoms with Gasteiger partial charge in [-0.15, -0.1) is 0 Å². The van der Waals surface area contributed by atoms with Crippen molar-refractivity contribution < 1.29 is 5.11 Å². The van der Waals surface area contributed by atoms with E-state index in [9.17, 15) is 0 Å². The van der Waals surface area contributed by atoms with Gasteiger partial charge in [-0.3, -0.25) is 4.98 Å². The number of aliphatic hydroxyl groups is 1. The third-order valence-corrected chi connectivity index (χ3v) is 4.03. The zero-order chi connectivity index (χ0) is 14.5. The Labute approximate surface area is 124 Å². The Morgan fingerprint density at radius 1 is 1.19 bits per heavy atom. The van der Waals surface area contributed by atoms with Gasteiger partial charge in [0.05, 0.1) is 6.61 Å². The quantitative estimate of drug-likeness (QED) is 0.859. The van der Waals surface area contributed by atoms with Crippen LogP contribution < -0.4 is 5.32 Å². The fourth-order valence-electron chi connectivity index (χ4n) is 2.76. The van der Waals surface area contributed by atoms with Crippen molar-refractivity contribution in [1.82, 2.24) is 19.9 Å². The van der Waals surface area contributed by atoms with Gasteiger partial charge >= 0.3 is 0 Å². The number of hydrogen-bond acceptors (Lipinski definition) is 6. The molecule has 0 saturated carbocycles. The fourth-order valence-corrected chi connectivity index (χ4v) is 2.76. The molecule has 112 valence electrons. The van der Waals surface area contributed by atoms with Gasteiger partial charge in [-0.05, 0) is 44.0 Å². The molecular formula is C15H21N5O. The lowest BCUT2D eigenvalue weighted by Crippen LogP contribution is -2.37. The number of piperidine rings is 1. The second-order valence-electron chi connectivity index (χ2n) is 5.49. The van der Waals surface area contributed by atoms with E-state index in [0.29, 0.717) is 11.6 Å². The molecule has 0 unspecified atom stereocenters. The maximum absolute atomic E-state index is 8.95. The monoisotopic (exact) mass is 287 g/mol. The lowest BCUT2D eigenvalue weighted by molar-refractivity contribution is 0.151. The van der Waals surface area contributed by atoms with Gasteiger partial charge in [0, 0.05) is 25.5 Å². The van der Waals surface area contributed by atoms with E-state index in [2.05, 4.69) is 25.2 Å². The fraction of sp³-hybridized carbons (Fsp3) is 0.533. The van der Waals surface area contributed by atoms with E-state index in [1.807, 2.05) is 12.1 Å². The zero-order valence-electron chi connectivity index (χ0n) is 12.1. The van der Waals surface area contributed by atoms with Crippen molar-refractivity contribution in [1.29, 1.82) is 0 Å². The van der Waals surface area contributed by atoms with Crippen molar-refractivity contribution >= 4 is 17.0 Å². The molecule has 6 nitrogen and oxygen atoms in total. The highest BCUT2D eigenvalue weighted by molar-refractivity contribution is 5.71. The second-order valence-corrected chi connectivity index (χ2v) is 5.49. The molecule has 1 aliphatic heterocycles. The molecule has 0 aromatic carbocycles. The summed E-state index contributed by atoms with van der Waals surface area (Å²) in [5, 5.41) is 12.4. The summed E-state index contributed by atoms with van der Waals surface area (Å²) < 4.78 is 0. The minimum Gasteiger partial charge on any atom is -0.395 e. The molecule has 1 aliphatic rings. The van der Waals surface area contributed by atoms with Crippen LogP contribution in [0.25, 0.3) is 11.2 Å². The lowest BCUT2D eigenvalue weighted by atomic mass is 9.97. The molecule has 21 heavy (non-hydrogen) atoms. The maximum atomic E-state index is 8.95. The number of aromatic nitrogens is 3. The number of hydrogen-bond donors (Lipinski definition) is 2. The van der Waals surface area contributed by atoms with E-state index in [0.717, 1.165) is 37.5 Å². The zero-order valence-corrected chi connectivity index (χ0v) is 12.1. The van der Waals surface area contributed by atoms with Gasteiger partial charge in [0.2, 0.25) is 0 Å². The van der Waals surface area contributed by atoms with Crippen LogP contribution in [0.15, 0.2) is 24.5 Å². The number of likely N-dealkylation sites (tertiary alicyclic amines) is 1. The predicted octanol–water partition coefficient (Wildman–Crippen LogP) is 1.14. The number of aliphatic hydroxyl groups excluding tert-OH is 1. The van der Waals surface area contributed by atoms with E-state index in [1.165, 1.54) is 12.8 Å². The number of pyridine rings is 1. The van der Waals surface area contributed by atoms with Gasteiger partial charge in [0.1, 0.15) is 11.3 Å². The van der Waals surface area contributed by atoms with Crippen LogP contribution in [0.1, 0.15) is 12.8 Å². The molecule has 3 heterocycles. The summed E-state index contributed by atoms with van der Waals surface area (Å²) >= 11 is 0. The first-order valence-corrected chi connectivity index (χ1v) is 7.50. The molecule has 0 aliphatic carbocycles. The molecule has 2 aromatic rings. The average Bonchev–Trinajstić information content (AvgIpc) is 2.54. The topological polar surface area (TPSA) is 74.2 Å². The van der Waals surface area contributed by atoms with Crippen molar-refractivity contribution in [2.24, 2.45) is 5.92 Å². The summed E-state index contributed by atoms with van der Waals surface area (Å²) in [4.78, 5) is 15.2. The Morgan fingerprint density at radius 2 is 2.00 bits per heavy atom. The van der Waals surface area contributed by atoms with E-state index < -0.39 is 0 Å². The smallest absolute Gasteiger partial charge is 0.180 e. The Bertz CT molecular complexity index is 583. The second kappa shape index (κ2) is 6.78. The summed E-state index contributed by atoms with van der Waals surface area (Å²) in [5.41, 5.74) is 1.50. The highest BCUT2D eigenvalue weighted by Crippen LogP contribution is 2.18. The van der Waals surface area contributed by atoms with Crippen molar-refractivity contribution in [2.75, 3.05) is 38.1 Å². The Morgan fingerprint density at radius 3 is 2.81 bits per heavy atom. The van der Waals surface area contributed by atoms with Gasteiger partial charge in [-0.2, -0.15) is 0 Å². The number of fused-ring (bicyclic) bond motifs is 1. The van der Waals surface area contributed by atoms with Crippen LogP contribution in [0.2, 0.25) is 0 Å². The summed E-state index contributed by atoms with van der Waals surface area (Å²) in [6.07, 6.45) is 5.67. The Balaban J connectivity index is 1.52. The van der Waals surface area contributed by atoms with E-state index in [1.54, 1.807) is 12.4 Å². The molecule has 0 atom stereocenters. The van der Waals surface area contributed by atoms with Crippen LogP contribution in [0.5, 0.6) is 0 Å². The molecule has 0 amide bonds. The standard InChI is InChI=1S/C15H21N5O/c21-10-9-20-7-3-12(4-8-20)11-18-14-2-1-13-15(19-14)17-6-5-16-13/h1-2,5-6,12,21H,3-4,7-11H2,(H,17,18,19). The summed E-state index contributed by atoms with van der Waals surface area (Å²) in [6, 6.07) is 3.90. The Kier molecular flexibility index (Phi) is 4.57. The van der Waals surface area contributed by atoms with Crippen LogP contribution in [-0.4, -0.2) is 57.7 Å². The van der Waals surface area contributed by atoms with Crippen molar-refractivity contribution in [3.8, 4) is 0 Å². The minimum absolute atomic E-state index is 0.255. The van der Waals surface area contributed by atoms with Crippen molar-refractivity contribution in [3.63, 3.8) is 0 Å². The van der Waals surface area contributed by atoms with Gasteiger partial charge < -0.3 is 15.3 Å². The van der Waals surface area contributed by atoms with Gasteiger partial charge in [-0.1, -0.05) is 0 Å². The van der Waals surface area contributed by atoms with Crippen LogP contribution in [0.3, 0.4) is 0 Å². The first kappa shape index (κ1) is 14.2. The number of nitrogens with one attached hydrogen (secondary N) is 1. The SMILES string of the molecule is OCCN1CCC(CNc2ccc3nccnc3n2)CC1. The summed E-state index contributed by atoms with van der Waals surface area (Å²) in [5.74, 6) is 1.53.